The van der Waals surface area contributed by atoms with Crippen molar-refractivity contribution >= 4 is 29.3 Å². The van der Waals surface area contributed by atoms with E-state index in [1.807, 2.05) is 0 Å². The molecule has 3 N–H and O–H groups in total. The van der Waals surface area contributed by atoms with Gasteiger partial charge in [0.05, 0.1) is 10.6 Å². The third kappa shape index (κ3) is 4.43. The maximum Gasteiger partial charge on any atom is 0.417 e. The highest BCUT2D eigenvalue weighted by atomic mass is 35.5. The molecule has 1 fully saturated rings. The fourth-order valence-corrected chi connectivity index (χ4v) is 2.63. The van der Waals surface area contributed by atoms with Gasteiger partial charge in [-0.1, -0.05) is 18.0 Å². The Morgan fingerprint density at radius 2 is 2.15 bits per heavy atom. The minimum Gasteiger partial charge on any atom is -0.368 e. The summed E-state index contributed by atoms with van der Waals surface area (Å²) in [5.74, 6) is 1.10. The molecule has 7 nitrogen and oxygen atoms in total. The Kier molecular flexibility index (Phi) is 5.30. The zero-order valence-electron chi connectivity index (χ0n) is 13.5. The summed E-state index contributed by atoms with van der Waals surface area (Å²) in [5, 5.41) is 11.9. The SMILES string of the molecule is O=C(CCNc1ncc(C(F)(F)F)cc1Cl)Nc1n[nH]c(C2CCC2)n1. The van der Waals surface area contributed by atoms with Gasteiger partial charge in [0.1, 0.15) is 11.6 Å². The first-order chi connectivity index (χ1) is 12.3. The number of carbonyl (C=O) groups excluding carboxylic acids is 1. The van der Waals surface area contributed by atoms with E-state index in [4.69, 9.17) is 11.6 Å². The molecule has 11 heteroatoms. The van der Waals surface area contributed by atoms with Crippen LogP contribution in [-0.4, -0.2) is 32.6 Å². The summed E-state index contributed by atoms with van der Waals surface area (Å²) in [4.78, 5) is 19.8. The Labute approximate surface area is 151 Å². The predicted molar refractivity (Wildman–Crippen MR) is 89.0 cm³/mol. The molecular formula is C15H16ClF3N6O. The van der Waals surface area contributed by atoms with E-state index in [-0.39, 0.29) is 35.7 Å². The Morgan fingerprint density at radius 3 is 2.77 bits per heavy atom. The number of aromatic amines is 1. The largest absolute Gasteiger partial charge is 0.417 e. The molecule has 1 aliphatic rings. The van der Waals surface area contributed by atoms with Crippen LogP contribution in [0.4, 0.5) is 24.9 Å². The van der Waals surface area contributed by atoms with Crippen LogP contribution < -0.4 is 10.6 Å². The van der Waals surface area contributed by atoms with E-state index in [0.29, 0.717) is 12.1 Å². The van der Waals surface area contributed by atoms with Crippen molar-refractivity contribution in [1.29, 1.82) is 0 Å². The first-order valence-electron chi connectivity index (χ1n) is 8.01. The number of nitrogens with zero attached hydrogens (tertiary/aromatic N) is 3. The third-order valence-electron chi connectivity index (χ3n) is 4.06. The number of anilines is 2. The van der Waals surface area contributed by atoms with E-state index in [1.54, 1.807) is 0 Å². The maximum absolute atomic E-state index is 12.6. The highest BCUT2D eigenvalue weighted by Crippen LogP contribution is 2.34. The Balaban J connectivity index is 1.47. The molecule has 1 saturated carbocycles. The summed E-state index contributed by atoms with van der Waals surface area (Å²) in [6, 6.07) is 0.784. The van der Waals surface area contributed by atoms with Crippen LogP contribution in [0.5, 0.6) is 0 Å². The summed E-state index contributed by atoms with van der Waals surface area (Å²) in [6.07, 6.45) is -0.486. The number of pyridine rings is 1. The van der Waals surface area contributed by atoms with Crippen molar-refractivity contribution < 1.29 is 18.0 Å². The average molecular weight is 389 g/mol. The van der Waals surface area contributed by atoms with E-state index in [9.17, 15) is 18.0 Å². The standard InChI is InChI=1S/C15H16ClF3N6O/c16-10-6-9(15(17,18)19)7-21-13(10)20-5-4-11(26)22-14-23-12(24-25-14)8-2-1-3-8/h6-8H,1-5H2,(H,20,21)(H2,22,23,24,25,26). The zero-order chi connectivity index (χ0) is 18.7. The van der Waals surface area contributed by atoms with Crippen LogP contribution in [0, 0.1) is 0 Å². The first-order valence-corrected chi connectivity index (χ1v) is 8.39. The van der Waals surface area contributed by atoms with Crippen molar-refractivity contribution in [3.05, 3.63) is 28.7 Å². The van der Waals surface area contributed by atoms with Gasteiger partial charge in [-0.25, -0.2) is 4.98 Å². The van der Waals surface area contributed by atoms with E-state index < -0.39 is 11.7 Å². The molecule has 0 aromatic carbocycles. The Morgan fingerprint density at radius 1 is 1.38 bits per heavy atom. The van der Waals surface area contributed by atoms with E-state index in [0.717, 1.165) is 24.7 Å². The lowest BCUT2D eigenvalue weighted by Crippen LogP contribution is -2.18. The van der Waals surface area contributed by atoms with Gasteiger partial charge in [-0.2, -0.15) is 18.2 Å². The highest BCUT2D eigenvalue weighted by molar-refractivity contribution is 6.32. The van der Waals surface area contributed by atoms with Crippen molar-refractivity contribution in [2.24, 2.45) is 0 Å². The van der Waals surface area contributed by atoms with Gasteiger partial charge in [-0.05, 0) is 18.9 Å². The monoisotopic (exact) mass is 388 g/mol. The van der Waals surface area contributed by atoms with Crippen LogP contribution in [0.1, 0.15) is 43.0 Å². The summed E-state index contributed by atoms with van der Waals surface area (Å²) < 4.78 is 37.7. The van der Waals surface area contributed by atoms with Crippen LogP contribution in [0.2, 0.25) is 5.02 Å². The van der Waals surface area contributed by atoms with Crippen LogP contribution >= 0.6 is 11.6 Å². The van der Waals surface area contributed by atoms with Gasteiger partial charge in [0.2, 0.25) is 11.9 Å². The number of aromatic nitrogens is 4. The van der Waals surface area contributed by atoms with Crippen LogP contribution in [0.3, 0.4) is 0 Å². The fraction of sp³-hybridized carbons (Fsp3) is 0.467. The maximum atomic E-state index is 12.6. The number of halogens is 4. The molecular weight excluding hydrogens is 373 g/mol. The van der Waals surface area contributed by atoms with Crippen molar-refractivity contribution in [1.82, 2.24) is 20.2 Å². The molecule has 1 aliphatic carbocycles. The number of nitrogens with one attached hydrogen (secondary N) is 3. The van der Waals surface area contributed by atoms with Gasteiger partial charge < -0.3 is 5.32 Å². The second kappa shape index (κ2) is 7.48. The van der Waals surface area contributed by atoms with Crippen molar-refractivity contribution in [3.63, 3.8) is 0 Å². The molecule has 0 atom stereocenters. The number of hydrogen-bond acceptors (Lipinski definition) is 5. The Hall–Kier alpha value is -2.36. The van der Waals surface area contributed by atoms with E-state index in [1.165, 1.54) is 6.42 Å². The number of amides is 1. The van der Waals surface area contributed by atoms with Gasteiger partial charge in [-0.15, -0.1) is 5.10 Å². The predicted octanol–water partition coefficient (Wildman–Crippen LogP) is 3.58. The smallest absolute Gasteiger partial charge is 0.368 e. The zero-order valence-corrected chi connectivity index (χ0v) is 14.3. The highest BCUT2D eigenvalue weighted by Gasteiger charge is 2.31. The van der Waals surface area contributed by atoms with E-state index >= 15 is 0 Å². The number of rotatable bonds is 6. The van der Waals surface area contributed by atoms with Crippen molar-refractivity contribution in [2.45, 2.75) is 37.8 Å². The van der Waals surface area contributed by atoms with Gasteiger partial charge in [0, 0.05) is 25.1 Å². The lowest BCUT2D eigenvalue weighted by Gasteiger charge is -2.22. The van der Waals surface area contributed by atoms with Gasteiger partial charge in [0.25, 0.3) is 0 Å². The van der Waals surface area contributed by atoms with Gasteiger partial charge >= 0.3 is 6.18 Å². The lowest BCUT2D eigenvalue weighted by molar-refractivity contribution is -0.137. The summed E-state index contributed by atoms with van der Waals surface area (Å²) in [7, 11) is 0. The van der Waals surface area contributed by atoms with Gasteiger partial charge in [-0.3, -0.25) is 15.2 Å². The molecule has 0 radical (unpaired) electrons. The molecule has 3 rings (SSSR count). The summed E-state index contributed by atoms with van der Waals surface area (Å²) >= 11 is 5.78. The number of hydrogen-bond donors (Lipinski definition) is 3. The number of carbonyl (C=O) groups is 1. The normalized spacial score (nSPS) is 14.8. The molecule has 140 valence electrons. The minimum absolute atomic E-state index is 0.0479. The summed E-state index contributed by atoms with van der Waals surface area (Å²) in [6.45, 7) is 0.143. The molecule has 0 spiro atoms. The molecule has 2 aromatic heterocycles. The Bertz CT molecular complexity index is 790. The topological polar surface area (TPSA) is 95.6 Å². The second-order valence-electron chi connectivity index (χ2n) is 5.95. The lowest BCUT2D eigenvalue weighted by atomic mass is 9.85. The van der Waals surface area contributed by atoms with Crippen molar-refractivity contribution in [2.75, 3.05) is 17.2 Å². The molecule has 0 unspecified atom stereocenters. The molecule has 26 heavy (non-hydrogen) atoms. The summed E-state index contributed by atoms with van der Waals surface area (Å²) in [5.41, 5.74) is -0.933. The number of alkyl halides is 3. The van der Waals surface area contributed by atoms with Crippen LogP contribution in [0.25, 0.3) is 0 Å². The van der Waals surface area contributed by atoms with Gasteiger partial charge in [0.15, 0.2) is 0 Å². The molecule has 1 amide bonds. The molecule has 0 bridgehead atoms. The molecule has 0 saturated heterocycles. The second-order valence-corrected chi connectivity index (χ2v) is 6.36. The average Bonchev–Trinajstić information content (AvgIpc) is 2.93. The van der Waals surface area contributed by atoms with Crippen LogP contribution in [0.15, 0.2) is 12.3 Å². The fourth-order valence-electron chi connectivity index (χ4n) is 2.40. The molecule has 2 heterocycles. The third-order valence-corrected chi connectivity index (χ3v) is 4.35. The minimum atomic E-state index is -4.51. The molecule has 2 aromatic rings. The van der Waals surface area contributed by atoms with E-state index in [2.05, 4.69) is 30.8 Å². The first kappa shape index (κ1) is 18.4. The molecule has 0 aliphatic heterocycles. The number of H-pyrrole nitrogens is 1. The van der Waals surface area contributed by atoms with Crippen molar-refractivity contribution in [3.8, 4) is 0 Å². The quantitative estimate of drug-likeness (QED) is 0.703. The van der Waals surface area contributed by atoms with Crippen LogP contribution in [-0.2, 0) is 11.0 Å².